The Morgan fingerprint density at radius 3 is 2.69 bits per heavy atom. The molecule has 2 fully saturated rings. The number of hydrogen-bond donors (Lipinski definition) is 2. The van der Waals surface area contributed by atoms with Gasteiger partial charge >= 0.3 is 0 Å². The lowest BCUT2D eigenvalue weighted by Crippen LogP contribution is -2.47. The number of unbranched alkanes of at least 4 members (excludes halogenated alkanes) is 1. The van der Waals surface area contributed by atoms with Crippen LogP contribution in [0.25, 0.3) is 11.2 Å². The fourth-order valence-electron chi connectivity index (χ4n) is 5.44. The number of anilines is 2. The molecule has 172 valence electrons. The molecule has 2 atom stereocenters. The highest BCUT2D eigenvalue weighted by atomic mass is 35.5. The van der Waals surface area contributed by atoms with Gasteiger partial charge in [-0.1, -0.05) is 31.0 Å². The van der Waals surface area contributed by atoms with E-state index in [0.717, 1.165) is 30.6 Å². The summed E-state index contributed by atoms with van der Waals surface area (Å²) in [5.41, 5.74) is 1.73. The number of imidazole rings is 1. The van der Waals surface area contributed by atoms with E-state index in [1.807, 2.05) is 34.9 Å². The van der Waals surface area contributed by atoms with E-state index in [2.05, 4.69) is 25.2 Å². The van der Waals surface area contributed by atoms with Gasteiger partial charge < -0.3 is 14.8 Å². The monoisotopic (exact) mass is 456 g/mol. The van der Waals surface area contributed by atoms with Gasteiger partial charge in [-0.05, 0) is 69.7 Å². The second-order valence-corrected chi connectivity index (χ2v) is 9.01. The maximum atomic E-state index is 12.5. The number of benzene rings is 1. The fraction of sp³-hybridized carbons (Fsp3) is 0.542. The summed E-state index contributed by atoms with van der Waals surface area (Å²) in [5, 5.41) is 3.18. The molecule has 2 aromatic heterocycles. The first-order valence-corrected chi connectivity index (χ1v) is 11.8. The zero-order valence-electron chi connectivity index (χ0n) is 18.5. The number of para-hydroxylation sites is 1. The fourth-order valence-corrected chi connectivity index (χ4v) is 5.44. The van der Waals surface area contributed by atoms with Crippen LogP contribution < -0.4 is 10.9 Å². The highest BCUT2D eigenvalue weighted by molar-refractivity contribution is 5.85. The highest BCUT2D eigenvalue weighted by Crippen LogP contribution is 2.35. The average Bonchev–Trinajstić information content (AvgIpc) is 3.21. The van der Waals surface area contributed by atoms with Crippen LogP contribution in [0, 0.1) is 5.92 Å². The maximum Gasteiger partial charge on any atom is 0.280 e. The molecule has 0 radical (unpaired) electrons. The van der Waals surface area contributed by atoms with Crippen LogP contribution in [0.5, 0.6) is 0 Å². The number of aryl methyl sites for hydroxylation is 1. The van der Waals surface area contributed by atoms with Crippen molar-refractivity contribution in [2.45, 2.75) is 64.0 Å². The predicted molar refractivity (Wildman–Crippen MR) is 131 cm³/mol. The van der Waals surface area contributed by atoms with Gasteiger partial charge in [0.2, 0.25) is 5.95 Å². The van der Waals surface area contributed by atoms with E-state index in [0.29, 0.717) is 17.1 Å². The molecule has 8 heteroatoms. The van der Waals surface area contributed by atoms with Crippen LogP contribution in [0.1, 0.15) is 51.4 Å². The molecule has 1 aliphatic heterocycles. The van der Waals surface area contributed by atoms with Crippen LogP contribution in [0.15, 0.2) is 41.5 Å². The first-order valence-electron chi connectivity index (χ1n) is 11.8. The summed E-state index contributed by atoms with van der Waals surface area (Å²) in [4.78, 5) is 26.9. The average molecular weight is 457 g/mol. The summed E-state index contributed by atoms with van der Waals surface area (Å²) in [6.45, 7) is 3.28. The van der Waals surface area contributed by atoms with E-state index < -0.39 is 0 Å². The third kappa shape index (κ3) is 4.99. The minimum Gasteiger partial charge on any atom is -0.326 e. The van der Waals surface area contributed by atoms with E-state index in [-0.39, 0.29) is 18.0 Å². The Bertz CT molecular complexity index is 1060. The van der Waals surface area contributed by atoms with E-state index in [1.54, 1.807) is 6.33 Å². The number of nitrogens with zero attached hydrogens (tertiary/aromatic N) is 4. The summed E-state index contributed by atoms with van der Waals surface area (Å²) in [6.07, 6.45) is 12.4. The Morgan fingerprint density at radius 2 is 1.81 bits per heavy atom. The van der Waals surface area contributed by atoms with Crippen LogP contribution >= 0.6 is 12.4 Å². The van der Waals surface area contributed by atoms with Gasteiger partial charge in [0.25, 0.3) is 5.56 Å². The van der Waals surface area contributed by atoms with Gasteiger partial charge in [0, 0.05) is 18.3 Å². The number of aromatic amines is 1. The molecule has 5 rings (SSSR count). The largest absolute Gasteiger partial charge is 0.326 e. The highest BCUT2D eigenvalue weighted by Gasteiger charge is 2.32. The van der Waals surface area contributed by atoms with Crippen molar-refractivity contribution in [3.63, 3.8) is 0 Å². The van der Waals surface area contributed by atoms with Crippen LogP contribution in [-0.4, -0.2) is 43.6 Å². The number of aromatic nitrogens is 4. The standard InChI is InChI=1S/C24H32N6O.ClH/c31-23-21-22(27-24(28-23)26-19-11-2-1-3-12-19)30(17-25-21)15-7-6-14-29-16-8-10-18-9-4-5-13-20(18)29;/h1-3,11-12,17-18,20H,4-10,13-16H2,(H2,26,27,28,31);1H. The minimum absolute atomic E-state index is 0. The molecule has 1 aliphatic carbocycles. The van der Waals surface area contributed by atoms with Gasteiger partial charge in [0.15, 0.2) is 11.2 Å². The lowest BCUT2D eigenvalue weighted by atomic mass is 9.78. The lowest BCUT2D eigenvalue weighted by Gasteiger charge is -2.44. The van der Waals surface area contributed by atoms with Crippen LogP contribution in [0.3, 0.4) is 0 Å². The number of halogens is 1. The van der Waals surface area contributed by atoms with E-state index in [9.17, 15) is 4.79 Å². The molecule has 1 saturated carbocycles. The SMILES string of the molecule is Cl.O=c1[nH]c(Nc2ccccc2)nc2c1ncn2CCCCN1CCCC2CCCCC21. The Kier molecular flexibility index (Phi) is 7.48. The van der Waals surface area contributed by atoms with Gasteiger partial charge in [0.05, 0.1) is 6.33 Å². The first-order chi connectivity index (χ1) is 15.3. The second kappa shape index (κ2) is 10.5. The molecule has 0 spiro atoms. The van der Waals surface area contributed by atoms with Crippen LogP contribution in [0.2, 0.25) is 0 Å². The molecule has 2 aliphatic rings. The van der Waals surface area contributed by atoms with Gasteiger partial charge in [0.1, 0.15) is 0 Å². The molecule has 0 bridgehead atoms. The predicted octanol–water partition coefficient (Wildman–Crippen LogP) is 4.72. The van der Waals surface area contributed by atoms with E-state index >= 15 is 0 Å². The summed E-state index contributed by atoms with van der Waals surface area (Å²) < 4.78 is 2.01. The minimum atomic E-state index is -0.209. The molecular weight excluding hydrogens is 424 g/mol. The van der Waals surface area contributed by atoms with Gasteiger partial charge in [-0.15, -0.1) is 12.4 Å². The number of nitrogens with one attached hydrogen (secondary N) is 2. The number of likely N-dealkylation sites (tertiary alicyclic amines) is 1. The van der Waals surface area contributed by atoms with Gasteiger partial charge in [-0.2, -0.15) is 4.98 Å². The summed E-state index contributed by atoms with van der Waals surface area (Å²) in [6, 6.07) is 10.6. The second-order valence-electron chi connectivity index (χ2n) is 9.01. The third-order valence-electron chi connectivity index (χ3n) is 6.96. The van der Waals surface area contributed by atoms with Crippen molar-refractivity contribution >= 4 is 35.2 Å². The molecule has 3 aromatic rings. The number of rotatable bonds is 7. The zero-order valence-corrected chi connectivity index (χ0v) is 19.3. The van der Waals surface area contributed by atoms with E-state index in [4.69, 9.17) is 0 Å². The summed E-state index contributed by atoms with van der Waals surface area (Å²) in [5.74, 6) is 1.38. The van der Waals surface area contributed by atoms with Crippen molar-refractivity contribution in [1.29, 1.82) is 0 Å². The molecular formula is C24H33ClN6O. The molecule has 32 heavy (non-hydrogen) atoms. The Hall–Kier alpha value is -2.38. The molecule has 1 saturated heterocycles. The maximum absolute atomic E-state index is 12.5. The smallest absolute Gasteiger partial charge is 0.280 e. The quantitative estimate of drug-likeness (QED) is 0.503. The van der Waals surface area contributed by atoms with Crippen molar-refractivity contribution in [1.82, 2.24) is 24.4 Å². The Labute approximate surface area is 195 Å². The van der Waals surface area contributed by atoms with Gasteiger partial charge in [-0.3, -0.25) is 9.78 Å². The molecule has 2 unspecified atom stereocenters. The molecule has 2 N–H and O–H groups in total. The van der Waals surface area contributed by atoms with E-state index in [1.165, 1.54) is 58.0 Å². The number of H-pyrrole nitrogens is 1. The summed E-state index contributed by atoms with van der Waals surface area (Å²) >= 11 is 0. The lowest BCUT2D eigenvalue weighted by molar-refractivity contribution is 0.0594. The van der Waals surface area contributed by atoms with Crippen molar-refractivity contribution in [2.24, 2.45) is 5.92 Å². The van der Waals surface area contributed by atoms with Crippen LogP contribution in [0.4, 0.5) is 11.6 Å². The van der Waals surface area contributed by atoms with Crippen molar-refractivity contribution in [3.05, 3.63) is 47.0 Å². The first kappa shape index (κ1) is 22.8. The van der Waals surface area contributed by atoms with Crippen molar-refractivity contribution in [3.8, 4) is 0 Å². The number of hydrogen-bond acceptors (Lipinski definition) is 5. The van der Waals surface area contributed by atoms with Crippen molar-refractivity contribution in [2.75, 3.05) is 18.4 Å². The molecule has 3 heterocycles. The van der Waals surface area contributed by atoms with Gasteiger partial charge in [-0.25, -0.2) is 4.98 Å². The zero-order chi connectivity index (χ0) is 21.0. The normalized spacial score (nSPS) is 21.1. The summed E-state index contributed by atoms with van der Waals surface area (Å²) in [7, 11) is 0. The molecule has 1 aromatic carbocycles. The Morgan fingerprint density at radius 1 is 1.03 bits per heavy atom. The molecule has 7 nitrogen and oxygen atoms in total. The Balaban J connectivity index is 0.00000245. The third-order valence-corrected chi connectivity index (χ3v) is 6.96. The number of piperidine rings is 1. The number of fused-ring (bicyclic) bond motifs is 2. The molecule has 0 amide bonds. The van der Waals surface area contributed by atoms with Crippen molar-refractivity contribution < 1.29 is 0 Å². The topological polar surface area (TPSA) is 78.8 Å². The van der Waals surface area contributed by atoms with Crippen LogP contribution in [-0.2, 0) is 6.54 Å².